The fourth-order valence-electron chi connectivity index (χ4n) is 2.67. The summed E-state index contributed by atoms with van der Waals surface area (Å²) >= 11 is 0. The smallest absolute Gasteiger partial charge is 0.314 e. The Kier molecular flexibility index (Phi) is 3.99. The zero-order valence-corrected chi connectivity index (χ0v) is 11.4. The molecular formula is C13H20N4O2. The Morgan fingerprint density at radius 2 is 2.37 bits per heavy atom. The van der Waals surface area contributed by atoms with Crippen molar-refractivity contribution in [1.29, 1.82) is 0 Å². The monoisotopic (exact) mass is 264 g/mol. The summed E-state index contributed by atoms with van der Waals surface area (Å²) in [6.45, 7) is 5.33. The van der Waals surface area contributed by atoms with Crippen LogP contribution in [0.4, 0.5) is 11.5 Å². The lowest BCUT2D eigenvalue weighted by atomic mass is 9.90. The van der Waals surface area contributed by atoms with Gasteiger partial charge in [-0.1, -0.05) is 13.3 Å². The Bertz CT molecular complexity index is 478. The van der Waals surface area contributed by atoms with Gasteiger partial charge >= 0.3 is 5.69 Å². The van der Waals surface area contributed by atoms with Gasteiger partial charge in [0, 0.05) is 30.9 Å². The molecule has 19 heavy (non-hydrogen) atoms. The van der Waals surface area contributed by atoms with Gasteiger partial charge in [0.25, 0.3) is 0 Å². The number of pyridine rings is 1. The second-order valence-electron chi connectivity index (χ2n) is 5.12. The number of hydrogen-bond acceptors (Lipinski definition) is 5. The lowest BCUT2D eigenvalue weighted by Gasteiger charge is -2.36. The minimum Gasteiger partial charge on any atom is -0.350 e. The Morgan fingerprint density at radius 3 is 3.00 bits per heavy atom. The largest absolute Gasteiger partial charge is 0.350 e. The van der Waals surface area contributed by atoms with E-state index in [0.717, 1.165) is 25.9 Å². The highest BCUT2D eigenvalue weighted by Gasteiger charge is 2.30. The fraction of sp³-hybridized carbons (Fsp3) is 0.615. The molecule has 1 saturated heterocycles. The average Bonchev–Trinajstić information content (AvgIpc) is 2.38. The van der Waals surface area contributed by atoms with E-state index in [1.54, 1.807) is 19.2 Å². The van der Waals surface area contributed by atoms with E-state index in [0.29, 0.717) is 17.3 Å². The SMILES string of the molecule is CCC1CN(c2nccc(C)c2[N+](=O)[O-])CCC1N. The predicted molar refractivity (Wildman–Crippen MR) is 74.2 cm³/mol. The molecule has 1 aliphatic heterocycles. The van der Waals surface area contributed by atoms with E-state index in [1.807, 2.05) is 4.90 Å². The molecule has 2 heterocycles. The van der Waals surface area contributed by atoms with Crippen LogP contribution >= 0.6 is 0 Å². The number of aromatic nitrogens is 1. The van der Waals surface area contributed by atoms with Crippen LogP contribution in [-0.4, -0.2) is 29.0 Å². The van der Waals surface area contributed by atoms with Crippen molar-refractivity contribution in [3.63, 3.8) is 0 Å². The minimum absolute atomic E-state index is 0.118. The molecule has 1 aromatic heterocycles. The van der Waals surface area contributed by atoms with E-state index in [-0.39, 0.29) is 16.7 Å². The first-order chi connectivity index (χ1) is 9.04. The molecule has 2 rings (SSSR count). The first-order valence-corrected chi connectivity index (χ1v) is 6.65. The molecule has 0 aromatic carbocycles. The van der Waals surface area contributed by atoms with Gasteiger partial charge in [-0.05, 0) is 25.3 Å². The number of aryl methyl sites for hydroxylation is 1. The topological polar surface area (TPSA) is 85.3 Å². The molecule has 6 nitrogen and oxygen atoms in total. The van der Waals surface area contributed by atoms with Crippen LogP contribution in [0.2, 0.25) is 0 Å². The van der Waals surface area contributed by atoms with E-state index in [1.165, 1.54) is 0 Å². The molecule has 0 amide bonds. The maximum absolute atomic E-state index is 11.2. The third-order valence-corrected chi connectivity index (χ3v) is 3.91. The van der Waals surface area contributed by atoms with Crippen LogP contribution in [0.1, 0.15) is 25.3 Å². The van der Waals surface area contributed by atoms with Crippen molar-refractivity contribution in [2.45, 2.75) is 32.7 Å². The quantitative estimate of drug-likeness (QED) is 0.665. The van der Waals surface area contributed by atoms with Crippen LogP contribution in [0.5, 0.6) is 0 Å². The van der Waals surface area contributed by atoms with Crippen LogP contribution in [-0.2, 0) is 0 Å². The second-order valence-corrected chi connectivity index (χ2v) is 5.12. The van der Waals surface area contributed by atoms with E-state index in [9.17, 15) is 10.1 Å². The van der Waals surface area contributed by atoms with Crippen LogP contribution in [0.15, 0.2) is 12.3 Å². The molecule has 0 bridgehead atoms. The van der Waals surface area contributed by atoms with E-state index in [4.69, 9.17) is 5.73 Å². The van der Waals surface area contributed by atoms with Crippen molar-refractivity contribution < 1.29 is 4.92 Å². The molecule has 104 valence electrons. The van der Waals surface area contributed by atoms with Gasteiger partial charge in [0.2, 0.25) is 5.82 Å². The summed E-state index contributed by atoms with van der Waals surface area (Å²) in [5, 5.41) is 11.2. The number of rotatable bonds is 3. The third kappa shape index (κ3) is 2.68. The van der Waals surface area contributed by atoms with Gasteiger partial charge in [-0.3, -0.25) is 10.1 Å². The summed E-state index contributed by atoms with van der Waals surface area (Å²) in [6.07, 6.45) is 3.47. The number of nitrogens with zero attached hydrogens (tertiary/aromatic N) is 3. The van der Waals surface area contributed by atoms with Crippen LogP contribution in [0.3, 0.4) is 0 Å². The highest BCUT2D eigenvalue weighted by atomic mass is 16.6. The molecule has 2 unspecified atom stereocenters. The van der Waals surface area contributed by atoms with Gasteiger partial charge in [-0.25, -0.2) is 4.98 Å². The van der Waals surface area contributed by atoms with Crippen LogP contribution in [0, 0.1) is 23.0 Å². The molecule has 1 fully saturated rings. The fourth-order valence-corrected chi connectivity index (χ4v) is 2.67. The molecule has 2 atom stereocenters. The molecular weight excluding hydrogens is 244 g/mol. The number of anilines is 1. The second kappa shape index (κ2) is 5.52. The average molecular weight is 264 g/mol. The lowest BCUT2D eigenvalue weighted by Crippen LogP contribution is -2.47. The van der Waals surface area contributed by atoms with Crippen molar-refractivity contribution in [1.82, 2.24) is 4.98 Å². The van der Waals surface area contributed by atoms with Crippen LogP contribution in [0.25, 0.3) is 0 Å². The first kappa shape index (κ1) is 13.7. The molecule has 0 aliphatic carbocycles. The maximum atomic E-state index is 11.2. The molecule has 1 aromatic rings. The molecule has 1 aliphatic rings. The third-order valence-electron chi connectivity index (χ3n) is 3.91. The number of nitro groups is 1. The first-order valence-electron chi connectivity index (χ1n) is 6.65. The summed E-state index contributed by atoms with van der Waals surface area (Å²) in [4.78, 5) is 17.1. The summed E-state index contributed by atoms with van der Waals surface area (Å²) in [6, 6.07) is 1.86. The van der Waals surface area contributed by atoms with Gasteiger partial charge in [0.1, 0.15) is 0 Å². The van der Waals surface area contributed by atoms with E-state index < -0.39 is 0 Å². The zero-order valence-electron chi connectivity index (χ0n) is 11.4. The van der Waals surface area contributed by atoms with Gasteiger partial charge in [-0.15, -0.1) is 0 Å². The summed E-state index contributed by atoms with van der Waals surface area (Å²) in [5.74, 6) is 0.853. The summed E-state index contributed by atoms with van der Waals surface area (Å²) in [7, 11) is 0. The van der Waals surface area contributed by atoms with Gasteiger partial charge in [0.15, 0.2) is 0 Å². The summed E-state index contributed by atoms with van der Waals surface area (Å²) < 4.78 is 0. The van der Waals surface area contributed by atoms with Gasteiger partial charge in [0.05, 0.1) is 4.92 Å². The Morgan fingerprint density at radius 1 is 1.63 bits per heavy atom. The van der Waals surface area contributed by atoms with Crippen molar-refractivity contribution in [2.75, 3.05) is 18.0 Å². The molecule has 0 spiro atoms. The standard InChI is InChI=1S/C13H20N4O2/c1-3-10-8-16(7-5-11(10)14)13-12(17(18)19)9(2)4-6-15-13/h4,6,10-11H,3,5,7-8,14H2,1-2H3. The normalized spacial score (nSPS) is 23.4. The molecule has 2 N–H and O–H groups in total. The number of nitrogens with two attached hydrogens (primary N) is 1. The van der Waals surface area contributed by atoms with Gasteiger partial charge in [-0.2, -0.15) is 0 Å². The molecule has 0 radical (unpaired) electrons. The Balaban J connectivity index is 2.32. The number of hydrogen-bond donors (Lipinski definition) is 1. The van der Waals surface area contributed by atoms with Gasteiger partial charge < -0.3 is 10.6 Å². The van der Waals surface area contributed by atoms with E-state index >= 15 is 0 Å². The van der Waals surface area contributed by atoms with Crippen molar-refractivity contribution in [3.8, 4) is 0 Å². The highest BCUT2D eigenvalue weighted by molar-refractivity contribution is 5.61. The minimum atomic E-state index is -0.340. The van der Waals surface area contributed by atoms with E-state index in [2.05, 4.69) is 11.9 Å². The van der Waals surface area contributed by atoms with Crippen molar-refractivity contribution in [2.24, 2.45) is 11.7 Å². The van der Waals surface area contributed by atoms with Crippen molar-refractivity contribution >= 4 is 11.5 Å². The lowest BCUT2D eigenvalue weighted by molar-refractivity contribution is -0.384. The Hall–Kier alpha value is -1.69. The Labute approximate surface area is 112 Å². The summed E-state index contributed by atoms with van der Waals surface area (Å²) in [5.41, 5.74) is 6.85. The molecule has 0 saturated carbocycles. The highest BCUT2D eigenvalue weighted by Crippen LogP contribution is 2.32. The zero-order chi connectivity index (χ0) is 14.0. The maximum Gasteiger partial charge on any atom is 0.314 e. The predicted octanol–water partition coefficient (Wildman–Crippen LogP) is 1.86. The van der Waals surface area contributed by atoms with Crippen LogP contribution < -0.4 is 10.6 Å². The van der Waals surface area contributed by atoms with Crippen molar-refractivity contribution in [3.05, 3.63) is 27.9 Å². The number of piperidine rings is 1. The molecule has 6 heteroatoms.